The molecular formula is C20H30F4N2O4. The Bertz CT molecular complexity index is 635. The summed E-state index contributed by atoms with van der Waals surface area (Å²) in [7, 11) is 0. The number of carbonyl (C=O) groups excluding carboxylic acids is 1. The van der Waals surface area contributed by atoms with Crippen LogP contribution in [0.15, 0.2) is 0 Å². The van der Waals surface area contributed by atoms with Gasteiger partial charge in [-0.2, -0.15) is 13.2 Å². The average Bonchev–Trinajstić information content (AvgIpc) is 3.29. The van der Waals surface area contributed by atoms with Gasteiger partial charge >= 0.3 is 12.1 Å². The number of nitrogens with zero attached hydrogens (tertiary/aromatic N) is 2. The first-order valence-electron chi connectivity index (χ1n) is 10.7. The molecule has 172 valence electrons. The van der Waals surface area contributed by atoms with Crippen LogP contribution in [-0.4, -0.2) is 83.1 Å². The lowest BCUT2D eigenvalue weighted by molar-refractivity contribution is -0.192. The summed E-state index contributed by atoms with van der Waals surface area (Å²) in [5, 5.41) is 7.12. The number of halogens is 4. The highest BCUT2D eigenvalue weighted by Gasteiger charge is 2.52. The normalized spacial score (nSPS) is 31.2. The van der Waals surface area contributed by atoms with E-state index in [1.54, 1.807) is 4.90 Å². The lowest BCUT2D eigenvalue weighted by Crippen LogP contribution is -2.52. The average molecular weight is 438 g/mol. The molecule has 4 rings (SSSR count). The van der Waals surface area contributed by atoms with Gasteiger partial charge in [-0.15, -0.1) is 0 Å². The van der Waals surface area contributed by atoms with Gasteiger partial charge in [0.05, 0.1) is 11.7 Å². The van der Waals surface area contributed by atoms with Gasteiger partial charge in [-0.05, 0) is 70.9 Å². The number of carboxylic acids is 1. The molecule has 0 aromatic rings. The zero-order valence-electron chi connectivity index (χ0n) is 17.1. The van der Waals surface area contributed by atoms with Crippen LogP contribution in [0.25, 0.3) is 0 Å². The third-order valence-electron chi connectivity index (χ3n) is 6.61. The molecule has 1 aliphatic carbocycles. The van der Waals surface area contributed by atoms with Crippen molar-refractivity contribution in [3.8, 4) is 0 Å². The van der Waals surface area contributed by atoms with Gasteiger partial charge in [-0.3, -0.25) is 4.79 Å². The van der Waals surface area contributed by atoms with Crippen molar-refractivity contribution in [2.75, 3.05) is 32.7 Å². The lowest BCUT2D eigenvalue weighted by Gasteiger charge is -2.41. The Hall–Kier alpha value is -1.42. The van der Waals surface area contributed by atoms with Crippen LogP contribution in [0.2, 0.25) is 0 Å². The van der Waals surface area contributed by atoms with Crippen molar-refractivity contribution in [3.05, 3.63) is 0 Å². The summed E-state index contributed by atoms with van der Waals surface area (Å²) in [6.07, 6.45) is 3.67. The van der Waals surface area contributed by atoms with Gasteiger partial charge in [0.25, 0.3) is 5.91 Å². The van der Waals surface area contributed by atoms with Gasteiger partial charge in [0.15, 0.2) is 5.67 Å². The van der Waals surface area contributed by atoms with Gasteiger partial charge in [0.1, 0.15) is 0 Å². The predicted molar refractivity (Wildman–Crippen MR) is 99.7 cm³/mol. The fraction of sp³-hybridized carbons (Fsp3) is 0.900. The second-order valence-electron chi connectivity index (χ2n) is 8.92. The Morgan fingerprint density at radius 1 is 1.00 bits per heavy atom. The summed E-state index contributed by atoms with van der Waals surface area (Å²) in [4.78, 5) is 25.6. The van der Waals surface area contributed by atoms with Crippen LogP contribution < -0.4 is 0 Å². The molecule has 1 amide bonds. The third-order valence-corrected chi connectivity index (χ3v) is 6.61. The Labute approximate surface area is 173 Å². The molecule has 0 aromatic heterocycles. The molecule has 0 bridgehead atoms. The van der Waals surface area contributed by atoms with Crippen LogP contribution in [0.3, 0.4) is 0 Å². The first-order chi connectivity index (χ1) is 14.0. The molecule has 3 aliphatic heterocycles. The highest BCUT2D eigenvalue weighted by molar-refractivity contribution is 5.86. The Balaban J connectivity index is 0.000000318. The molecule has 30 heavy (non-hydrogen) atoms. The van der Waals surface area contributed by atoms with E-state index in [0.717, 1.165) is 32.2 Å². The number of aliphatic carboxylic acids is 1. The molecule has 1 saturated carbocycles. The van der Waals surface area contributed by atoms with Gasteiger partial charge in [-0.25, -0.2) is 9.18 Å². The molecule has 4 aliphatic rings. The van der Waals surface area contributed by atoms with Crippen molar-refractivity contribution in [1.82, 2.24) is 9.80 Å². The molecule has 2 atom stereocenters. The maximum atomic E-state index is 14.4. The molecule has 0 aromatic carbocycles. The molecule has 3 heterocycles. The molecule has 0 radical (unpaired) electrons. The number of amides is 1. The van der Waals surface area contributed by atoms with Gasteiger partial charge in [0.2, 0.25) is 0 Å². The number of carbonyl (C=O) groups is 2. The second kappa shape index (κ2) is 8.98. The molecule has 4 fully saturated rings. The number of ether oxygens (including phenoxy) is 1. The Morgan fingerprint density at radius 2 is 1.63 bits per heavy atom. The van der Waals surface area contributed by atoms with E-state index in [-0.39, 0.29) is 11.5 Å². The lowest BCUT2D eigenvalue weighted by atomic mass is 9.81. The SMILES string of the molecule is O=C(N1CC[C@]2(CCC[C@H](CN3CCCC3)O2)C1)C1(F)CCC1.O=C(O)C(F)(F)F. The smallest absolute Gasteiger partial charge is 0.475 e. The monoisotopic (exact) mass is 438 g/mol. The molecule has 1 spiro atoms. The van der Waals surface area contributed by atoms with Gasteiger partial charge < -0.3 is 19.6 Å². The minimum Gasteiger partial charge on any atom is -0.475 e. The predicted octanol–water partition coefficient (Wildman–Crippen LogP) is 3.15. The maximum Gasteiger partial charge on any atom is 0.490 e. The highest BCUT2D eigenvalue weighted by atomic mass is 19.4. The first kappa shape index (κ1) is 23.2. The van der Waals surface area contributed by atoms with Crippen LogP contribution in [-0.2, 0) is 14.3 Å². The number of carboxylic acid groups (broad SMARTS) is 1. The van der Waals surface area contributed by atoms with E-state index in [2.05, 4.69) is 4.90 Å². The van der Waals surface area contributed by atoms with E-state index in [4.69, 9.17) is 14.6 Å². The minimum absolute atomic E-state index is 0.196. The van der Waals surface area contributed by atoms with Crippen LogP contribution in [0.1, 0.15) is 57.8 Å². The van der Waals surface area contributed by atoms with Crippen LogP contribution in [0, 0.1) is 0 Å². The van der Waals surface area contributed by atoms with E-state index in [0.29, 0.717) is 32.0 Å². The van der Waals surface area contributed by atoms with Crippen molar-refractivity contribution in [3.63, 3.8) is 0 Å². The summed E-state index contributed by atoms with van der Waals surface area (Å²) >= 11 is 0. The minimum atomic E-state index is -5.08. The highest BCUT2D eigenvalue weighted by Crippen LogP contribution is 2.42. The number of hydrogen-bond donors (Lipinski definition) is 1. The Kier molecular flexibility index (Phi) is 6.96. The largest absolute Gasteiger partial charge is 0.490 e. The quantitative estimate of drug-likeness (QED) is 0.686. The third kappa shape index (κ3) is 5.43. The van der Waals surface area contributed by atoms with Crippen LogP contribution >= 0.6 is 0 Å². The van der Waals surface area contributed by atoms with Crippen LogP contribution in [0.4, 0.5) is 17.6 Å². The zero-order valence-corrected chi connectivity index (χ0v) is 17.1. The van der Waals surface area contributed by atoms with E-state index in [1.165, 1.54) is 32.4 Å². The van der Waals surface area contributed by atoms with Gasteiger partial charge in [0, 0.05) is 19.6 Å². The number of likely N-dealkylation sites (tertiary alicyclic amines) is 2. The van der Waals surface area contributed by atoms with Crippen molar-refractivity contribution < 1.29 is 37.0 Å². The summed E-state index contributed by atoms with van der Waals surface area (Å²) < 4.78 is 52.6. The first-order valence-corrected chi connectivity index (χ1v) is 10.7. The van der Waals surface area contributed by atoms with Crippen molar-refractivity contribution >= 4 is 11.9 Å². The molecule has 3 saturated heterocycles. The van der Waals surface area contributed by atoms with Crippen molar-refractivity contribution in [2.45, 2.75) is 81.3 Å². The topological polar surface area (TPSA) is 70.1 Å². The standard InChI is InChI=1S/C18H29FN2O2.C2HF3O2/c19-18(7-4-8-18)16(22)21-12-9-17(14-21)6-3-5-15(23-17)13-20-10-1-2-11-20;3-2(4,5)1(6)7/h15H,1-14H2;(H,6,7)/t15-,17-;/m1./s1. The molecular weight excluding hydrogens is 408 g/mol. The van der Waals surface area contributed by atoms with Crippen molar-refractivity contribution in [1.29, 1.82) is 0 Å². The summed E-state index contributed by atoms with van der Waals surface area (Å²) in [6.45, 7) is 4.70. The van der Waals surface area contributed by atoms with Gasteiger partial charge in [-0.1, -0.05) is 0 Å². The molecule has 6 nitrogen and oxygen atoms in total. The Morgan fingerprint density at radius 3 is 2.17 bits per heavy atom. The maximum absolute atomic E-state index is 14.4. The van der Waals surface area contributed by atoms with E-state index in [1.807, 2.05) is 0 Å². The molecule has 10 heteroatoms. The summed E-state index contributed by atoms with van der Waals surface area (Å²) in [5.74, 6) is -3.03. The zero-order chi connectivity index (χ0) is 22.0. The summed E-state index contributed by atoms with van der Waals surface area (Å²) in [5.41, 5.74) is -1.76. The van der Waals surface area contributed by atoms with Crippen LogP contribution in [0.5, 0.6) is 0 Å². The molecule has 1 N–H and O–H groups in total. The van der Waals surface area contributed by atoms with E-state index in [9.17, 15) is 22.4 Å². The number of hydrogen-bond acceptors (Lipinski definition) is 4. The fourth-order valence-electron chi connectivity index (χ4n) is 4.81. The van der Waals surface area contributed by atoms with Crippen molar-refractivity contribution in [2.24, 2.45) is 0 Å². The number of rotatable bonds is 3. The van der Waals surface area contributed by atoms with E-state index < -0.39 is 17.8 Å². The summed E-state index contributed by atoms with van der Waals surface area (Å²) in [6, 6.07) is 0. The fourth-order valence-corrected chi connectivity index (χ4v) is 4.81. The number of alkyl halides is 4. The van der Waals surface area contributed by atoms with E-state index >= 15 is 0 Å². The molecule has 0 unspecified atom stereocenters. The second-order valence-corrected chi connectivity index (χ2v) is 8.92.